The largest absolute Gasteiger partial charge is 0.478 e. The van der Waals surface area contributed by atoms with Gasteiger partial charge in [-0.2, -0.15) is 13.2 Å². The van der Waals surface area contributed by atoms with E-state index in [-0.39, 0.29) is 17.4 Å². The van der Waals surface area contributed by atoms with Crippen LogP contribution in [0.5, 0.6) is 0 Å². The summed E-state index contributed by atoms with van der Waals surface area (Å²) in [5, 5.41) is 13.1. The Balaban J connectivity index is 1.84. The van der Waals surface area contributed by atoms with E-state index >= 15 is 0 Å². The topological polar surface area (TPSA) is 49.3 Å². The molecular weight excluding hydrogens is 379 g/mol. The molecule has 7 heteroatoms. The molecule has 3 nitrogen and oxygen atoms in total. The van der Waals surface area contributed by atoms with Gasteiger partial charge in [-0.1, -0.05) is 35.9 Å². The maximum atomic E-state index is 13.1. The predicted molar refractivity (Wildman–Crippen MR) is 96.2 cm³/mol. The number of hydrogen-bond acceptors (Lipinski definition) is 2. The molecule has 2 aromatic rings. The summed E-state index contributed by atoms with van der Waals surface area (Å²) in [6, 6.07) is 7.80. The number of carboxylic acid groups (broad SMARTS) is 1. The number of fused-ring (bicyclic) bond motifs is 3. The number of aromatic carboxylic acids is 1. The van der Waals surface area contributed by atoms with Gasteiger partial charge in [0.1, 0.15) is 0 Å². The minimum Gasteiger partial charge on any atom is -0.478 e. The zero-order chi connectivity index (χ0) is 19.3. The number of nitrogens with one attached hydrogen (secondary N) is 1. The lowest BCUT2D eigenvalue weighted by molar-refractivity contribution is -0.137. The van der Waals surface area contributed by atoms with Gasteiger partial charge >= 0.3 is 12.1 Å². The lowest BCUT2D eigenvalue weighted by Gasteiger charge is -2.38. The first kappa shape index (κ1) is 17.9. The molecule has 0 saturated heterocycles. The molecule has 140 valence electrons. The summed E-state index contributed by atoms with van der Waals surface area (Å²) in [4.78, 5) is 11.7. The zero-order valence-electron chi connectivity index (χ0n) is 13.9. The van der Waals surface area contributed by atoms with Crippen molar-refractivity contribution in [2.75, 3.05) is 5.32 Å². The summed E-state index contributed by atoms with van der Waals surface area (Å²) < 4.78 is 39.4. The van der Waals surface area contributed by atoms with Crippen LogP contribution in [-0.4, -0.2) is 11.1 Å². The van der Waals surface area contributed by atoms with E-state index in [2.05, 4.69) is 5.32 Å². The first-order valence-corrected chi connectivity index (χ1v) is 8.81. The van der Waals surface area contributed by atoms with Crippen LogP contribution in [0.1, 0.15) is 45.4 Å². The number of rotatable bonds is 2. The van der Waals surface area contributed by atoms with Gasteiger partial charge in [0.2, 0.25) is 0 Å². The highest BCUT2D eigenvalue weighted by Gasteiger charge is 2.41. The summed E-state index contributed by atoms with van der Waals surface area (Å²) >= 11 is 6.31. The molecule has 1 aliphatic heterocycles. The van der Waals surface area contributed by atoms with Crippen molar-refractivity contribution in [1.82, 2.24) is 0 Å². The van der Waals surface area contributed by atoms with E-state index in [9.17, 15) is 23.1 Å². The Bertz CT molecular complexity index is 955. The number of anilines is 1. The fraction of sp³-hybridized carbons (Fsp3) is 0.250. The van der Waals surface area contributed by atoms with Crippen LogP contribution < -0.4 is 5.32 Å². The molecule has 0 radical (unpaired) electrons. The quantitative estimate of drug-likeness (QED) is 0.626. The smallest absolute Gasteiger partial charge is 0.416 e. The van der Waals surface area contributed by atoms with Crippen LogP contribution in [-0.2, 0) is 6.18 Å². The number of hydrogen-bond donors (Lipinski definition) is 2. The lowest BCUT2D eigenvalue weighted by atomic mass is 9.75. The maximum Gasteiger partial charge on any atom is 0.416 e. The van der Waals surface area contributed by atoms with Crippen LogP contribution in [0.15, 0.2) is 48.6 Å². The molecule has 0 fully saturated rings. The van der Waals surface area contributed by atoms with Crippen molar-refractivity contribution in [3.05, 3.63) is 75.8 Å². The molecule has 2 aromatic carbocycles. The molecule has 3 atom stereocenters. The standard InChI is InChI=1S/C20H15ClF3NO2/c21-15-8-7-14(19(26)27)16-12-5-2-6-13(12)17(25-18(15)16)10-3-1-4-11(9-10)20(22,23)24/h1-5,7-9,12-13,17,25H,6H2,(H,26,27)/t12-,13-,17+/m1/s1. The van der Waals surface area contributed by atoms with Gasteiger partial charge < -0.3 is 10.4 Å². The summed E-state index contributed by atoms with van der Waals surface area (Å²) in [5.74, 6) is -1.36. The van der Waals surface area contributed by atoms with Gasteiger partial charge in [-0.25, -0.2) is 4.79 Å². The predicted octanol–water partition coefficient (Wildman–Crippen LogP) is 5.88. The van der Waals surface area contributed by atoms with E-state index < -0.39 is 23.8 Å². The highest BCUT2D eigenvalue weighted by molar-refractivity contribution is 6.33. The molecule has 0 saturated carbocycles. The van der Waals surface area contributed by atoms with Crippen molar-refractivity contribution >= 4 is 23.3 Å². The van der Waals surface area contributed by atoms with Gasteiger partial charge in [-0.05, 0) is 47.7 Å². The molecule has 0 bridgehead atoms. The van der Waals surface area contributed by atoms with Crippen molar-refractivity contribution in [2.24, 2.45) is 5.92 Å². The Hall–Kier alpha value is -2.47. The summed E-state index contributed by atoms with van der Waals surface area (Å²) in [7, 11) is 0. The number of carbonyl (C=O) groups is 1. The minimum absolute atomic E-state index is 0.0856. The van der Waals surface area contributed by atoms with E-state index in [1.807, 2.05) is 12.2 Å². The third-order valence-electron chi connectivity index (χ3n) is 5.27. The summed E-state index contributed by atoms with van der Waals surface area (Å²) in [6.07, 6.45) is 0.0839. The minimum atomic E-state index is -4.43. The van der Waals surface area contributed by atoms with Gasteiger partial charge in [0, 0.05) is 5.92 Å². The van der Waals surface area contributed by atoms with Gasteiger partial charge in [0.05, 0.1) is 27.9 Å². The molecule has 1 aliphatic carbocycles. The average Bonchev–Trinajstić information content (AvgIpc) is 3.10. The highest BCUT2D eigenvalue weighted by Crippen LogP contribution is 2.52. The Morgan fingerprint density at radius 3 is 2.70 bits per heavy atom. The van der Waals surface area contributed by atoms with Crippen molar-refractivity contribution in [2.45, 2.75) is 24.6 Å². The van der Waals surface area contributed by atoms with Crippen LogP contribution in [0.3, 0.4) is 0 Å². The van der Waals surface area contributed by atoms with Gasteiger partial charge in [0.15, 0.2) is 0 Å². The zero-order valence-corrected chi connectivity index (χ0v) is 14.7. The molecule has 27 heavy (non-hydrogen) atoms. The van der Waals surface area contributed by atoms with Gasteiger partial charge in [-0.15, -0.1) is 0 Å². The highest BCUT2D eigenvalue weighted by atomic mass is 35.5. The van der Waals surface area contributed by atoms with Crippen molar-refractivity contribution in [3.8, 4) is 0 Å². The Morgan fingerprint density at radius 2 is 2.00 bits per heavy atom. The number of benzene rings is 2. The van der Waals surface area contributed by atoms with Crippen molar-refractivity contribution in [1.29, 1.82) is 0 Å². The summed E-state index contributed by atoms with van der Waals surface area (Å²) in [5.41, 5.74) is 1.03. The molecule has 2 N–H and O–H groups in total. The van der Waals surface area contributed by atoms with Crippen LogP contribution >= 0.6 is 11.6 Å². The second-order valence-electron chi connectivity index (χ2n) is 6.79. The molecule has 1 heterocycles. The fourth-order valence-corrected chi connectivity index (χ4v) is 4.32. The normalized spacial score (nSPS) is 23.5. The van der Waals surface area contributed by atoms with Crippen molar-refractivity contribution < 1.29 is 23.1 Å². The average molecular weight is 394 g/mol. The molecule has 0 amide bonds. The summed E-state index contributed by atoms with van der Waals surface area (Å²) in [6.45, 7) is 0. The number of halogens is 4. The van der Waals surface area contributed by atoms with E-state index in [1.54, 1.807) is 6.07 Å². The third kappa shape index (κ3) is 2.98. The SMILES string of the molecule is O=C(O)c1ccc(Cl)c2c1[C@@H]1C=CC[C@H]1[C@H](c1cccc(C(F)(F)F)c1)N2. The van der Waals surface area contributed by atoms with Crippen molar-refractivity contribution in [3.63, 3.8) is 0 Å². The second-order valence-corrected chi connectivity index (χ2v) is 7.19. The molecule has 2 aliphatic rings. The number of carboxylic acids is 1. The maximum absolute atomic E-state index is 13.1. The van der Waals surface area contributed by atoms with Crippen LogP contribution in [0.25, 0.3) is 0 Å². The van der Waals surface area contributed by atoms with E-state index in [1.165, 1.54) is 18.2 Å². The van der Waals surface area contributed by atoms with Crippen LogP contribution in [0.2, 0.25) is 5.02 Å². The fourth-order valence-electron chi connectivity index (χ4n) is 4.10. The molecule has 0 unspecified atom stereocenters. The van der Waals surface area contributed by atoms with Crippen LogP contribution in [0, 0.1) is 5.92 Å². The second kappa shape index (κ2) is 6.30. The van der Waals surface area contributed by atoms with Gasteiger partial charge in [0.25, 0.3) is 0 Å². The molecule has 0 spiro atoms. The van der Waals surface area contributed by atoms with E-state index in [4.69, 9.17) is 11.6 Å². The Kier molecular flexibility index (Phi) is 4.18. The molecule has 0 aromatic heterocycles. The van der Waals surface area contributed by atoms with Gasteiger partial charge in [-0.3, -0.25) is 0 Å². The van der Waals surface area contributed by atoms with E-state index in [0.29, 0.717) is 28.3 Å². The first-order chi connectivity index (χ1) is 12.8. The Morgan fingerprint density at radius 1 is 1.22 bits per heavy atom. The molecular formula is C20H15ClF3NO2. The lowest BCUT2D eigenvalue weighted by Crippen LogP contribution is -2.31. The van der Waals surface area contributed by atoms with E-state index in [0.717, 1.165) is 12.1 Å². The monoisotopic (exact) mass is 393 g/mol. The third-order valence-corrected chi connectivity index (χ3v) is 5.59. The Labute approximate surface area is 158 Å². The van der Waals surface area contributed by atoms with Crippen LogP contribution in [0.4, 0.5) is 18.9 Å². The molecule has 4 rings (SSSR count). The first-order valence-electron chi connectivity index (χ1n) is 8.43. The number of allylic oxidation sites excluding steroid dienone is 2. The number of alkyl halides is 3.